The van der Waals surface area contributed by atoms with Gasteiger partial charge in [-0.15, -0.1) is 0 Å². The van der Waals surface area contributed by atoms with Crippen LogP contribution in [-0.2, 0) is 4.79 Å². The normalized spacial score (nSPS) is 9.14. The van der Waals surface area contributed by atoms with Gasteiger partial charge in [-0.25, -0.2) is 0 Å². The van der Waals surface area contributed by atoms with Crippen molar-refractivity contribution in [2.45, 2.75) is 20.3 Å². The number of hydrogen-bond acceptors (Lipinski definition) is 3. The minimum Gasteiger partial charge on any atom is -0.352 e. The fourth-order valence-electron chi connectivity index (χ4n) is 1.17. The predicted octanol–water partition coefficient (Wildman–Crippen LogP) is 2.69. The second-order valence-corrected chi connectivity index (χ2v) is 4.66. The lowest BCUT2D eigenvalue weighted by molar-refractivity contribution is -0.116. The molecule has 116 valence electrons. The Labute approximate surface area is 130 Å². The van der Waals surface area contributed by atoms with Crippen LogP contribution in [0.1, 0.15) is 30.6 Å². The molecule has 0 heterocycles. The maximum absolute atomic E-state index is 11.4. The summed E-state index contributed by atoms with van der Waals surface area (Å²) in [6, 6.07) is 8.94. The number of nitrogens with zero attached hydrogens (tertiary/aromatic N) is 1. The van der Waals surface area contributed by atoms with Crippen molar-refractivity contribution in [1.82, 2.24) is 10.2 Å². The number of ketones is 1. The van der Waals surface area contributed by atoms with Crippen LogP contribution in [0.3, 0.4) is 0 Å². The van der Waals surface area contributed by atoms with E-state index >= 15 is 0 Å². The van der Waals surface area contributed by atoms with Crippen molar-refractivity contribution in [3.8, 4) is 0 Å². The van der Waals surface area contributed by atoms with Gasteiger partial charge in [-0.2, -0.15) is 0 Å². The molecule has 21 heavy (non-hydrogen) atoms. The van der Waals surface area contributed by atoms with Crippen molar-refractivity contribution in [2.24, 2.45) is 0 Å². The standard InChI is InChI=1S/C11H13NO2.C4H8ClNO/c1-9(13)7-8-12-11(14)10-5-3-2-4-6-10;1-3-6(2)4(5)7/h2-6H,7-8H2,1H3,(H,12,14);3H2,1-2H3. The third-order valence-electron chi connectivity index (χ3n) is 2.57. The maximum atomic E-state index is 11.4. The number of benzene rings is 1. The van der Waals surface area contributed by atoms with Crippen molar-refractivity contribution < 1.29 is 14.4 Å². The topological polar surface area (TPSA) is 66.5 Å². The first-order valence-corrected chi connectivity index (χ1v) is 6.99. The van der Waals surface area contributed by atoms with Crippen molar-refractivity contribution in [2.75, 3.05) is 20.1 Å². The van der Waals surface area contributed by atoms with Crippen LogP contribution >= 0.6 is 11.6 Å². The highest BCUT2D eigenvalue weighted by molar-refractivity contribution is 6.62. The molecule has 1 rings (SSSR count). The molecule has 6 heteroatoms. The number of carbonyl (C=O) groups is 3. The van der Waals surface area contributed by atoms with Gasteiger partial charge in [0, 0.05) is 32.1 Å². The summed E-state index contributed by atoms with van der Waals surface area (Å²) < 4.78 is 0. The summed E-state index contributed by atoms with van der Waals surface area (Å²) in [6.45, 7) is 4.44. The molecule has 0 radical (unpaired) electrons. The average molecular weight is 313 g/mol. The van der Waals surface area contributed by atoms with E-state index in [1.165, 1.54) is 11.8 Å². The van der Waals surface area contributed by atoms with Gasteiger partial charge in [-0.1, -0.05) is 18.2 Å². The molecule has 1 aromatic carbocycles. The third kappa shape index (κ3) is 9.62. The van der Waals surface area contributed by atoms with E-state index in [-0.39, 0.29) is 11.7 Å². The second-order valence-electron chi connectivity index (χ2n) is 4.34. The SMILES string of the molecule is CC(=O)CCNC(=O)c1ccccc1.CCN(C)C(=O)Cl. The van der Waals surface area contributed by atoms with Crippen molar-refractivity contribution in [3.05, 3.63) is 35.9 Å². The fraction of sp³-hybridized carbons (Fsp3) is 0.400. The lowest BCUT2D eigenvalue weighted by atomic mass is 10.2. The molecule has 0 saturated carbocycles. The highest BCUT2D eigenvalue weighted by Crippen LogP contribution is 1.97. The van der Waals surface area contributed by atoms with Crippen LogP contribution in [0.4, 0.5) is 4.79 Å². The van der Waals surface area contributed by atoms with Gasteiger partial charge in [0.2, 0.25) is 0 Å². The zero-order valence-electron chi connectivity index (χ0n) is 12.6. The molecule has 0 bridgehead atoms. The molecule has 2 amide bonds. The van der Waals surface area contributed by atoms with E-state index in [9.17, 15) is 14.4 Å². The van der Waals surface area contributed by atoms with Gasteiger partial charge < -0.3 is 10.2 Å². The fourth-order valence-corrected chi connectivity index (χ4v) is 1.29. The van der Waals surface area contributed by atoms with Gasteiger partial charge in [0.05, 0.1) is 0 Å². The monoisotopic (exact) mass is 312 g/mol. The molecule has 5 nitrogen and oxygen atoms in total. The van der Waals surface area contributed by atoms with Crippen LogP contribution in [0, 0.1) is 0 Å². The highest BCUT2D eigenvalue weighted by Gasteiger charge is 2.03. The molecule has 0 saturated heterocycles. The molecule has 0 aliphatic heterocycles. The summed E-state index contributed by atoms with van der Waals surface area (Å²) in [4.78, 5) is 33.5. The first kappa shape index (κ1) is 19.1. The Kier molecular flexibility index (Phi) is 9.88. The third-order valence-corrected chi connectivity index (χ3v) is 2.86. The average Bonchev–Trinajstić information content (AvgIpc) is 2.47. The number of halogens is 1. The Morgan fingerprint density at radius 2 is 1.76 bits per heavy atom. The molecule has 0 unspecified atom stereocenters. The Morgan fingerprint density at radius 3 is 2.14 bits per heavy atom. The Morgan fingerprint density at radius 1 is 1.19 bits per heavy atom. The minimum absolute atomic E-state index is 0.0818. The predicted molar refractivity (Wildman–Crippen MR) is 83.6 cm³/mol. The number of nitrogens with one attached hydrogen (secondary N) is 1. The van der Waals surface area contributed by atoms with Crippen molar-refractivity contribution >= 4 is 28.7 Å². The molecule has 1 aromatic rings. The number of amides is 2. The first-order valence-electron chi connectivity index (χ1n) is 6.61. The first-order chi connectivity index (χ1) is 9.88. The summed E-state index contributed by atoms with van der Waals surface area (Å²) in [6.07, 6.45) is 0.387. The molecule has 1 N–H and O–H groups in total. The summed E-state index contributed by atoms with van der Waals surface area (Å²) in [5, 5.41) is 2.27. The van der Waals surface area contributed by atoms with Crippen LogP contribution in [0.5, 0.6) is 0 Å². The molecule has 0 aromatic heterocycles. The van der Waals surface area contributed by atoms with Gasteiger partial charge in [-0.3, -0.25) is 14.4 Å². The van der Waals surface area contributed by atoms with Crippen molar-refractivity contribution in [3.63, 3.8) is 0 Å². The van der Waals surface area contributed by atoms with E-state index < -0.39 is 5.37 Å². The van der Waals surface area contributed by atoms with Gasteiger partial charge in [0.15, 0.2) is 0 Å². The quantitative estimate of drug-likeness (QED) is 0.671. The van der Waals surface area contributed by atoms with Gasteiger partial charge in [-0.05, 0) is 37.6 Å². The number of hydrogen-bond donors (Lipinski definition) is 1. The maximum Gasteiger partial charge on any atom is 0.316 e. The summed E-state index contributed by atoms with van der Waals surface area (Å²) in [7, 11) is 1.65. The molecular formula is C15H21ClN2O3. The van der Waals surface area contributed by atoms with Gasteiger partial charge in [0.25, 0.3) is 5.91 Å². The minimum atomic E-state index is -0.400. The van der Waals surface area contributed by atoms with Gasteiger partial charge >= 0.3 is 5.37 Å². The highest BCUT2D eigenvalue weighted by atomic mass is 35.5. The van der Waals surface area contributed by atoms with Crippen LogP contribution in [0.15, 0.2) is 30.3 Å². The number of carbonyl (C=O) groups excluding carboxylic acids is 3. The lowest BCUT2D eigenvalue weighted by Crippen LogP contribution is -2.25. The van der Waals surface area contributed by atoms with Gasteiger partial charge in [0.1, 0.15) is 5.78 Å². The zero-order valence-corrected chi connectivity index (χ0v) is 13.3. The van der Waals surface area contributed by atoms with Crippen LogP contribution in [-0.4, -0.2) is 42.1 Å². The largest absolute Gasteiger partial charge is 0.352 e. The summed E-state index contributed by atoms with van der Waals surface area (Å²) >= 11 is 5.02. The van der Waals surface area contributed by atoms with E-state index in [0.29, 0.717) is 25.1 Å². The molecule has 0 fully saturated rings. The summed E-state index contributed by atoms with van der Waals surface area (Å²) in [5.74, 6) is -0.0507. The van der Waals surface area contributed by atoms with E-state index in [1.807, 2.05) is 13.0 Å². The lowest BCUT2D eigenvalue weighted by Gasteiger charge is -2.06. The Hall–Kier alpha value is -1.88. The van der Waals surface area contributed by atoms with E-state index in [1.54, 1.807) is 31.3 Å². The zero-order chi connectivity index (χ0) is 16.3. The van der Waals surface area contributed by atoms with Crippen LogP contribution in [0.25, 0.3) is 0 Å². The number of rotatable bonds is 5. The Balaban J connectivity index is 0.000000486. The van der Waals surface area contributed by atoms with Crippen molar-refractivity contribution in [1.29, 1.82) is 0 Å². The Bertz CT molecular complexity index is 463. The van der Waals surface area contributed by atoms with Crippen LogP contribution < -0.4 is 5.32 Å². The smallest absolute Gasteiger partial charge is 0.316 e. The second kappa shape index (κ2) is 10.9. The van der Waals surface area contributed by atoms with E-state index in [4.69, 9.17) is 11.6 Å². The van der Waals surface area contributed by atoms with E-state index in [0.717, 1.165) is 0 Å². The molecule has 0 aliphatic carbocycles. The molecule has 0 aliphatic rings. The molecule has 0 atom stereocenters. The molecule has 0 spiro atoms. The molecular weight excluding hydrogens is 292 g/mol. The van der Waals surface area contributed by atoms with E-state index in [2.05, 4.69) is 5.32 Å². The van der Waals surface area contributed by atoms with Crippen LogP contribution in [0.2, 0.25) is 0 Å². The number of Topliss-reactive ketones (excluding diaryl/α,β-unsaturated/α-hetero) is 1. The summed E-state index contributed by atoms with van der Waals surface area (Å²) in [5.41, 5.74) is 0.621.